The molecule has 0 fully saturated rings. The fraction of sp³-hybridized carbons (Fsp3) is 0.435. The van der Waals surface area contributed by atoms with Crippen LogP contribution >= 0.6 is 0 Å². The Balaban J connectivity index is 1.96. The van der Waals surface area contributed by atoms with Gasteiger partial charge in [0.2, 0.25) is 0 Å². The Hall–Kier alpha value is -3.13. The fourth-order valence-corrected chi connectivity index (χ4v) is 4.35. The molecule has 3 aliphatic rings. The van der Waals surface area contributed by atoms with E-state index in [1.165, 1.54) is 0 Å². The number of rotatable bonds is 5. The normalized spacial score (nSPS) is 21.1. The van der Waals surface area contributed by atoms with Gasteiger partial charge in [-0.3, -0.25) is 4.79 Å². The van der Waals surface area contributed by atoms with E-state index >= 15 is 0 Å². The molecular weight excluding hydrogens is 402 g/mol. The summed E-state index contributed by atoms with van der Waals surface area (Å²) in [6, 6.07) is 5.49. The Morgan fingerprint density at radius 3 is 2.52 bits per heavy atom. The van der Waals surface area contributed by atoms with Crippen LogP contribution in [-0.2, 0) is 28.6 Å². The van der Waals surface area contributed by atoms with Crippen molar-refractivity contribution < 1.29 is 33.3 Å². The summed E-state index contributed by atoms with van der Waals surface area (Å²) in [6.45, 7) is 3.32. The molecule has 0 aromatic heterocycles. The van der Waals surface area contributed by atoms with Crippen molar-refractivity contribution in [2.24, 2.45) is 0 Å². The van der Waals surface area contributed by atoms with E-state index in [1.807, 2.05) is 29.3 Å². The molecule has 8 heteroatoms. The Kier molecular flexibility index (Phi) is 5.58. The lowest BCUT2D eigenvalue weighted by Gasteiger charge is -2.48. The van der Waals surface area contributed by atoms with Crippen LogP contribution in [0.4, 0.5) is 0 Å². The van der Waals surface area contributed by atoms with E-state index in [-0.39, 0.29) is 31.0 Å². The number of carbonyl (C=O) groups excluding carboxylic acids is 3. The highest BCUT2D eigenvalue weighted by Gasteiger charge is 2.62. The molecular formula is C23H25NO7. The second-order valence-corrected chi connectivity index (χ2v) is 7.41. The predicted octanol–water partition coefficient (Wildman–Crippen LogP) is 2.88. The first-order chi connectivity index (χ1) is 15.0. The smallest absolute Gasteiger partial charge is 0.355 e. The van der Waals surface area contributed by atoms with E-state index in [0.29, 0.717) is 29.9 Å². The third kappa shape index (κ3) is 3.22. The Morgan fingerprint density at radius 2 is 1.87 bits per heavy atom. The van der Waals surface area contributed by atoms with Crippen LogP contribution in [0.15, 0.2) is 35.7 Å². The minimum absolute atomic E-state index is 0.0166. The highest BCUT2D eigenvalue weighted by molar-refractivity contribution is 6.17. The second-order valence-electron chi connectivity index (χ2n) is 7.41. The van der Waals surface area contributed by atoms with Gasteiger partial charge in [-0.1, -0.05) is 6.07 Å². The Labute approximate surface area is 180 Å². The monoisotopic (exact) mass is 427 g/mol. The molecule has 0 bridgehead atoms. The zero-order valence-electron chi connectivity index (χ0n) is 17.8. The van der Waals surface area contributed by atoms with Crippen LogP contribution in [0.2, 0.25) is 0 Å². The van der Waals surface area contributed by atoms with Gasteiger partial charge in [-0.05, 0) is 50.5 Å². The molecule has 0 radical (unpaired) electrons. The summed E-state index contributed by atoms with van der Waals surface area (Å²) < 4.78 is 22.1. The van der Waals surface area contributed by atoms with Crippen molar-refractivity contribution in [1.82, 2.24) is 4.90 Å². The van der Waals surface area contributed by atoms with Crippen LogP contribution in [0.5, 0.6) is 5.75 Å². The molecule has 2 aliphatic heterocycles. The fourth-order valence-electron chi connectivity index (χ4n) is 4.35. The first kappa shape index (κ1) is 21.1. The molecule has 8 nitrogen and oxygen atoms in total. The molecule has 0 saturated heterocycles. The number of Topliss-reactive ketones (excluding diaryl/α,β-unsaturated/α-hetero) is 1. The van der Waals surface area contributed by atoms with E-state index < -0.39 is 23.8 Å². The topological polar surface area (TPSA) is 91.4 Å². The zero-order valence-corrected chi connectivity index (χ0v) is 17.8. The van der Waals surface area contributed by atoms with Crippen LogP contribution in [0.3, 0.4) is 0 Å². The van der Waals surface area contributed by atoms with Gasteiger partial charge in [-0.2, -0.15) is 0 Å². The van der Waals surface area contributed by atoms with Gasteiger partial charge in [0.15, 0.2) is 12.0 Å². The van der Waals surface area contributed by atoms with Crippen LogP contribution in [0, 0.1) is 0 Å². The highest BCUT2D eigenvalue weighted by atomic mass is 16.6. The molecule has 1 atom stereocenters. The van der Waals surface area contributed by atoms with Crippen LogP contribution in [0.25, 0.3) is 6.08 Å². The van der Waals surface area contributed by atoms with Crippen LogP contribution in [-0.4, -0.2) is 48.5 Å². The SMILES string of the molecule is CCOC(=O)C1(C(=O)OCC)OC2c3cc(OC)ccc3C=CN2C2=C1C(=O)CCC2. The molecule has 1 aromatic carbocycles. The van der Waals surface area contributed by atoms with Crippen LogP contribution < -0.4 is 4.74 Å². The van der Waals surface area contributed by atoms with E-state index in [0.717, 1.165) is 5.56 Å². The average molecular weight is 427 g/mol. The summed E-state index contributed by atoms with van der Waals surface area (Å²) in [7, 11) is 1.56. The number of carbonyl (C=O) groups is 3. The molecule has 31 heavy (non-hydrogen) atoms. The molecule has 1 aliphatic carbocycles. The number of nitrogens with zero attached hydrogens (tertiary/aromatic N) is 1. The number of benzene rings is 1. The molecule has 0 spiro atoms. The summed E-state index contributed by atoms with van der Waals surface area (Å²) in [5.74, 6) is -1.58. The van der Waals surface area contributed by atoms with E-state index in [2.05, 4.69) is 0 Å². The van der Waals surface area contributed by atoms with E-state index in [4.69, 9.17) is 18.9 Å². The molecule has 0 N–H and O–H groups in total. The molecule has 2 heterocycles. The summed E-state index contributed by atoms with van der Waals surface area (Å²) in [4.78, 5) is 41.4. The van der Waals surface area contributed by atoms with E-state index in [9.17, 15) is 14.4 Å². The maximum atomic E-state index is 13.3. The number of esters is 2. The molecule has 1 unspecified atom stereocenters. The number of ether oxygens (including phenoxy) is 4. The maximum absolute atomic E-state index is 13.3. The van der Waals surface area contributed by atoms with Crippen molar-refractivity contribution >= 4 is 23.8 Å². The van der Waals surface area contributed by atoms with Gasteiger partial charge in [0.25, 0.3) is 5.60 Å². The van der Waals surface area contributed by atoms with Gasteiger partial charge < -0.3 is 23.8 Å². The maximum Gasteiger partial charge on any atom is 0.355 e. The van der Waals surface area contributed by atoms with Crippen molar-refractivity contribution in [3.8, 4) is 5.75 Å². The van der Waals surface area contributed by atoms with Crippen molar-refractivity contribution in [1.29, 1.82) is 0 Å². The predicted molar refractivity (Wildman–Crippen MR) is 110 cm³/mol. The van der Waals surface area contributed by atoms with Crippen LogP contribution in [0.1, 0.15) is 50.5 Å². The van der Waals surface area contributed by atoms with Crippen molar-refractivity contribution in [3.63, 3.8) is 0 Å². The van der Waals surface area contributed by atoms with Crippen molar-refractivity contribution in [3.05, 3.63) is 46.8 Å². The standard InChI is InChI=1S/C23H25NO7/c1-4-29-21(26)23(22(27)30-5-2)19-17(7-6-8-18(19)25)24-12-11-14-9-10-15(28-3)13-16(14)20(24)31-23/h9-13,20H,4-8H2,1-3H3. The van der Waals surface area contributed by atoms with Gasteiger partial charge in [0.05, 0.1) is 25.9 Å². The van der Waals surface area contributed by atoms with Gasteiger partial charge in [0.1, 0.15) is 5.75 Å². The molecule has 0 saturated carbocycles. The largest absolute Gasteiger partial charge is 0.497 e. The van der Waals surface area contributed by atoms with Gasteiger partial charge in [-0.25, -0.2) is 9.59 Å². The molecule has 164 valence electrons. The van der Waals surface area contributed by atoms with Gasteiger partial charge in [-0.15, -0.1) is 0 Å². The summed E-state index contributed by atoms with van der Waals surface area (Å²) >= 11 is 0. The molecule has 1 aromatic rings. The highest BCUT2D eigenvalue weighted by Crippen LogP contribution is 2.49. The van der Waals surface area contributed by atoms with Gasteiger partial charge >= 0.3 is 11.9 Å². The summed E-state index contributed by atoms with van der Waals surface area (Å²) in [5.41, 5.74) is -0.105. The average Bonchev–Trinajstić information content (AvgIpc) is 2.78. The summed E-state index contributed by atoms with van der Waals surface area (Å²) in [6.07, 6.45) is 4.24. The first-order valence-electron chi connectivity index (χ1n) is 10.4. The zero-order chi connectivity index (χ0) is 22.2. The lowest BCUT2D eigenvalue weighted by Crippen LogP contribution is -2.60. The minimum atomic E-state index is -2.27. The quantitative estimate of drug-likeness (QED) is 0.523. The number of hydrogen-bond donors (Lipinski definition) is 0. The number of methoxy groups -OCH3 is 1. The minimum Gasteiger partial charge on any atom is -0.497 e. The third-order valence-electron chi connectivity index (χ3n) is 5.69. The van der Waals surface area contributed by atoms with Crippen molar-refractivity contribution in [2.75, 3.05) is 20.3 Å². The summed E-state index contributed by atoms with van der Waals surface area (Å²) in [5, 5.41) is 0. The van der Waals surface area contributed by atoms with E-state index in [1.54, 1.807) is 27.0 Å². The third-order valence-corrected chi connectivity index (χ3v) is 5.69. The molecule has 4 rings (SSSR count). The first-order valence-corrected chi connectivity index (χ1v) is 10.4. The Morgan fingerprint density at radius 1 is 1.16 bits per heavy atom. The Bertz CT molecular complexity index is 976. The number of fused-ring (bicyclic) bond motifs is 4. The second kappa shape index (κ2) is 8.19. The number of ketones is 1. The van der Waals surface area contributed by atoms with Crippen molar-refractivity contribution in [2.45, 2.75) is 44.9 Å². The van der Waals surface area contributed by atoms with Gasteiger partial charge in [0, 0.05) is 23.9 Å². The lowest BCUT2D eigenvalue weighted by molar-refractivity contribution is -0.207. The lowest BCUT2D eigenvalue weighted by atomic mass is 9.79. The number of hydrogen-bond acceptors (Lipinski definition) is 8. The molecule has 0 amide bonds. The number of allylic oxidation sites excluding steroid dienone is 1.